The quantitative estimate of drug-likeness (QED) is 0.179. The van der Waals surface area contributed by atoms with Gasteiger partial charge in [-0.1, -0.05) is 0 Å². The first-order chi connectivity index (χ1) is 17.4. The summed E-state index contributed by atoms with van der Waals surface area (Å²) in [4.78, 5) is 50.1. The molecule has 12 nitrogen and oxygen atoms in total. The Morgan fingerprint density at radius 3 is 2.49 bits per heavy atom. The number of nitrogens with one attached hydrogen (secondary N) is 2. The van der Waals surface area contributed by atoms with Crippen molar-refractivity contribution >= 4 is 34.8 Å². The summed E-state index contributed by atoms with van der Waals surface area (Å²) in [6.07, 6.45) is 1.40. The number of hydrogen-bond acceptors (Lipinski definition) is 10. The van der Waals surface area contributed by atoms with E-state index in [-0.39, 0.29) is 36.7 Å². The van der Waals surface area contributed by atoms with Gasteiger partial charge in [-0.2, -0.15) is 0 Å². The maximum Gasteiger partial charge on any atom is 0.255 e. The van der Waals surface area contributed by atoms with E-state index in [1.54, 1.807) is 0 Å². The predicted octanol–water partition coefficient (Wildman–Crippen LogP) is -0.809. The highest BCUT2D eigenvalue weighted by Gasteiger charge is 2.63. The summed E-state index contributed by atoms with van der Waals surface area (Å²) in [5, 5.41) is 49.2. The number of Topliss-reactive ketones (excluding diaryl/α,β-unsaturated/α-hetero) is 2. The van der Waals surface area contributed by atoms with Gasteiger partial charge < -0.3 is 42.5 Å². The first kappa shape index (κ1) is 24.9. The van der Waals surface area contributed by atoms with Gasteiger partial charge in [0.05, 0.1) is 23.8 Å². The fourth-order valence-corrected chi connectivity index (χ4v) is 5.55. The Balaban J connectivity index is 1.59. The number of carbonyl (C=O) groups excluding carboxylic acids is 4. The number of anilines is 1. The average molecular weight is 516 g/mol. The number of fused-ring (bicyclic) bond motifs is 3. The molecule has 13 heteroatoms. The van der Waals surface area contributed by atoms with E-state index < -0.39 is 86.7 Å². The minimum Gasteiger partial charge on any atom is -0.508 e. The van der Waals surface area contributed by atoms with E-state index in [1.165, 1.54) is 0 Å². The Labute approximate surface area is 208 Å². The maximum absolute atomic E-state index is 15.1. The predicted molar refractivity (Wildman–Crippen MR) is 124 cm³/mol. The molecular weight excluding hydrogens is 491 g/mol. The van der Waals surface area contributed by atoms with Crippen molar-refractivity contribution < 1.29 is 44.0 Å². The molecule has 0 unspecified atom stereocenters. The average Bonchev–Trinajstić information content (AvgIpc) is 3.66. The third-order valence-electron chi connectivity index (χ3n) is 7.60. The molecule has 4 aliphatic rings. The van der Waals surface area contributed by atoms with Gasteiger partial charge in [-0.25, -0.2) is 4.39 Å². The van der Waals surface area contributed by atoms with Gasteiger partial charge in [-0.3, -0.25) is 19.2 Å². The van der Waals surface area contributed by atoms with E-state index in [0.29, 0.717) is 0 Å². The second-order valence-electron chi connectivity index (χ2n) is 9.89. The summed E-state index contributed by atoms with van der Waals surface area (Å²) in [5.74, 6) is -10.3. The molecule has 0 heterocycles. The highest BCUT2D eigenvalue weighted by molar-refractivity contribution is 6.24. The monoisotopic (exact) mass is 516 g/mol. The molecule has 5 rings (SSSR count). The number of aliphatic hydroxyl groups excluding tert-OH is 2. The fourth-order valence-electron chi connectivity index (χ4n) is 5.55. The van der Waals surface area contributed by atoms with E-state index >= 15 is 4.39 Å². The van der Waals surface area contributed by atoms with Crippen LogP contribution >= 0.6 is 0 Å². The lowest BCUT2D eigenvalue weighted by Crippen LogP contribution is -2.65. The van der Waals surface area contributed by atoms with E-state index in [4.69, 9.17) is 11.5 Å². The van der Waals surface area contributed by atoms with Crippen LogP contribution in [0.3, 0.4) is 0 Å². The zero-order valence-corrected chi connectivity index (χ0v) is 19.4. The molecule has 0 aliphatic heterocycles. The molecule has 0 radical (unpaired) electrons. The molecule has 2 amide bonds. The summed E-state index contributed by atoms with van der Waals surface area (Å²) < 4.78 is 15.1. The molecule has 1 aromatic rings. The number of carbonyl (C=O) groups is 4. The lowest BCUT2D eigenvalue weighted by Gasteiger charge is -2.48. The number of primary amides is 1. The number of nitrogens with two attached hydrogens (primary N) is 2. The van der Waals surface area contributed by atoms with Crippen LogP contribution in [0, 0.1) is 17.7 Å². The number of halogens is 1. The zero-order valence-electron chi connectivity index (χ0n) is 19.4. The second kappa shape index (κ2) is 8.36. The van der Waals surface area contributed by atoms with Gasteiger partial charge in [-0.15, -0.1) is 0 Å². The molecule has 4 aliphatic carbocycles. The summed E-state index contributed by atoms with van der Waals surface area (Å²) in [6.45, 7) is -0.0857. The van der Waals surface area contributed by atoms with Gasteiger partial charge >= 0.3 is 0 Å². The van der Waals surface area contributed by atoms with Crippen molar-refractivity contribution in [2.45, 2.75) is 43.4 Å². The Bertz CT molecular complexity index is 1350. The second-order valence-corrected chi connectivity index (χ2v) is 9.89. The number of aromatic hydroxyl groups is 1. The van der Waals surface area contributed by atoms with Gasteiger partial charge in [0.2, 0.25) is 11.7 Å². The molecule has 37 heavy (non-hydrogen) atoms. The highest BCUT2D eigenvalue weighted by Crippen LogP contribution is 2.52. The van der Waals surface area contributed by atoms with Crippen LogP contribution in [0.1, 0.15) is 30.4 Å². The van der Waals surface area contributed by atoms with E-state index in [1.807, 2.05) is 0 Å². The largest absolute Gasteiger partial charge is 0.508 e. The molecule has 4 atom stereocenters. The summed E-state index contributed by atoms with van der Waals surface area (Å²) in [5.41, 5.74) is 5.83. The third-order valence-corrected chi connectivity index (χ3v) is 7.60. The first-order valence-electron chi connectivity index (χ1n) is 11.7. The SMILES string of the molecule is NC(=O)C1=C(O)[C@@]2(O)C(=O)C3=C(O)c4c(O)c(NC(=O)CNC5CC5)cc(F)c4C[C@H]3C[C@H]2[C@H](N)C1=O. The normalized spacial score (nSPS) is 29.0. The van der Waals surface area contributed by atoms with Crippen molar-refractivity contribution in [2.75, 3.05) is 11.9 Å². The van der Waals surface area contributed by atoms with Gasteiger partial charge in [0, 0.05) is 29.2 Å². The van der Waals surface area contributed by atoms with E-state index in [9.17, 15) is 39.6 Å². The van der Waals surface area contributed by atoms with Crippen LogP contribution in [0.15, 0.2) is 23.0 Å². The topological polar surface area (TPSA) is 225 Å². The van der Waals surface area contributed by atoms with E-state index in [2.05, 4.69) is 10.6 Å². The van der Waals surface area contributed by atoms with Crippen LogP contribution in [0.5, 0.6) is 5.75 Å². The molecule has 0 saturated heterocycles. The van der Waals surface area contributed by atoms with Crippen molar-refractivity contribution in [1.29, 1.82) is 0 Å². The highest BCUT2D eigenvalue weighted by atomic mass is 19.1. The Kier molecular flexibility index (Phi) is 5.62. The number of benzene rings is 1. The Hall–Kier alpha value is -3.81. The van der Waals surface area contributed by atoms with Gasteiger partial charge in [0.25, 0.3) is 5.91 Å². The number of aliphatic hydroxyl groups is 3. The molecule has 10 N–H and O–H groups in total. The lowest BCUT2D eigenvalue weighted by molar-refractivity contribution is -0.149. The van der Waals surface area contributed by atoms with Crippen LogP contribution < -0.4 is 22.1 Å². The molecule has 0 bridgehead atoms. The Morgan fingerprint density at radius 1 is 1.19 bits per heavy atom. The lowest BCUT2D eigenvalue weighted by atomic mass is 9.58. The van der Waals surface area contributed by atoms with Crippen molar-refractivity contribution in [3.8, 4) is 5.75 Å². The summed E-state index contributed by atoms with van der Waals surface area (Å²) >= 11 is 0. The number of hydrogen-bond donors (Lipinski definition) is 8. The van der Waals surface area contributed by atoms with E-state index in [0.717, 1.165) is 18.9 Å². The number of phenolic OH excluding ortho intramolecular Hbond substituents is 1. The molecule has 2 saturated carbocycles. The molecule has 0 aromatic heterocycles. The van der Waals surface area contributed by atoms with Crippen molar-refractivity contribution in [1.82, 2.24) is 5.32 Å². The number of phenols is 1. The maximum atomic E-state index is 15.1. The van der Waals surface area contributed by atoms with Crippen molar-refractivity contribution in [3.63, 3.8) is 0 Å². The molecule has 2 fully saturated rings. The number of ketones is 2. The van der Waals surface area contributed by atoms with Crippen LogP contribution in [-0.4, -0.2) is 68.0 Å². The summed E-state index contributed by atoms with van der Waals surface area (Å²) in [6, 6.07) is -0.468. The molecule has 196 valence electrons. The summed E-state index contributed by atoms with van der Waals surface area (Å²) in [7, 11) is 0. The minimum atomic E-state index is -2.86. The third kappa shape index (κ3) is 3.61. The fraction of sp³-hybridized carbons (Fsp3) is 0.417. The van der Waals surface area contributed by atoms with Gasteiger partial charge in [0.1, 0.15) is 22.9 Å². The van der Waals surface area contributed by atoms with Crippen LogP contribution in [0.4, 0.5) is 10.1 Å². The van der Waals surface area contributed by atoms with Gasteiger partial charge in [0.15, 0.2) is 17.1 Å². The Morgan fingerprint density at radius 2 is 1.86 bits per heavy atom. The standard InChI is InChI=1S/C24H25FN4O8/c25-11-5-12(29-13(30)6-28-8-1-2-8)18(31)15-9(11)3-7-4-10-17(26)20(33)16(23(27)36)22(35)24(10,37)21(34)14(7)19(15)32/h5,7-8,10,17,28,31-32,35,37H,1-4,6,26H2,(H2,27,36)(H,29,30)/t7-,10-,17-,24-/m0/s1. The molecule has 1 aromatic carbocycles. The van der Waals surface area contributed by atoms with Crippen LogP contribution in [0.2, 0.25) is 0 Å². The van der Waals surface area contributed by atoms with Crippen molar-refractivity contribution in [2.24, 2.45) is 23.3 Å². The van der Waals surface area contributed by atoms with Crippen LogP contribution in [0.25, 0.3) is 5.76 Å². The number of rotatable bonds is 5. The minimum absolute atomic E-state index is 0.0857. The van der Waals surface area contributed by atoms with Gasteiger partial charge in [-0.05, 0) is 31.6 Å². The van der Waals surface area contributed by atoms with Crippen molar-refractivity contribution in [3.05, 3.63) is 39.9 Å². The molecular formula is C24H25FN4O8. The molecule has 0 spiro atoms. The smallest absolute Gasteiger partial charge is 0.255 e. The van der Waals surface area contributed by atoms with Crippen LogP contribution in [-0.2, 0) is 25.6 Å². The number of amides is 2. The first-order valence-corrected chi connectivity index (χ1v) is 11.7. The zero-order chi connectivity index (χ0) is 27.0.